The summed E-state index contributed by atoms with van der Waals surface area (Å²) in [6.07, 6.45) is 1.52. The van der Waals surface area contributed by atoms with E-state index in [1.165, 1.54) is 0 Å². The topological polar surface area (TPSA) is 49.4 Å². The number of carbonyl (C=O) groups excluding carboxylic acids is 2. The lowest BCUT2D eigenvalue weighted by Crippen LogP contribution is -2.51. The molecule has 0 spiro atoms. The summed E-state index contributed by atoms with van der Waals surface area (Å²) in [4.78, 5) is 28.4. The molecule has 32 heavy (non-hydrogen) atoms. The van der Waals surface area contributed by atoms with Gasteiger partial charge in [-0.2, -0.15) is 0 Å². The molecular weight excluding hydrogens is 420 g/mol. The number of halogens is 1. The normalized spacial score (nSPS) is 11.6. The van der Waals surface area contributed by atoms with Gasteiger partial charge in [-0.15, -0.1) is 0 Å². The Kier molecular flexibility index (Phi) is 8.88. The van der Waals surface area contributed by atoms with Gasteiger partial charge in [-0.05, 0) is 35.2 Å². The van der Waals surface area contributed by atoms with Crippen LogP contribution in [0.5, 0.6) is 0 Å². The predicted molar refractivity (Wildman–Crippen MR) is 129 cm³/mol. The van der Waals surface area contributed by atoms with Crippen molar-refractivity contribution in [2.45, 2.75) is 38.8 Å². The van der Waals surface area contributed by atoms with Crippen LogP contribution in [0.25, 0.3) is 0 Å². The van der Waals surface area contributed by atoms with E-state index in [1.54, 1.807) is 17.0 Å². The van der Waals surface area contributed by atoms with Gasteiger partial charge in [0, 0.05) is 24.5 Å². The molecule has 0 unspecified atom stereocenters. The van der Waals surface area contributed by atoms with Gasteiger partial charge >= 0.3 is 0 Å². The van der Waals surface area contributed by atoms with Crippen LogP contribution in [0.2, 0.25) is 5.02 Å². The molecule has 4 nitrogen and oxygen atoms in total. The Balaban J connectivity index is 1.93. The Morgan fingerprint density at radius 1 is 0.844 bits per heavy atom. The monoisotopic (exact) mass is 448 g/mol. The first-order valence-corrected chi connectivity index (χ1v) is 11.3. The largest absolute Gasteiger partial charge is 0.354 e. The van der Waals surface area contributed by atoms with Crippen LogP contribution >= 0.6 is 11.6 Å². The highest BCUT2D eigenvalue weighted by atomic mass is 35.5. The average Bonchev–Trinajstić information content (AvgIpc) is 2.82. The number of nitrogens with zero attached hydrogens (tertiary/aromatic N) is 1. The molecule has 3 rings (SSSR count). The second-order valence-electron chi connectivity index (χ2n) is 7.81. The lowest BCUT2D eigenvalue weighted by molar-refractivity contribution is -0.140. The molecule has 0 heterocycles. The van der Waals surface area contributed by atoms with Gasteiger partial charge in [-0.25, -0.2) is 0 Å². The number of nitrogens with one attached hydrogen (secondary N) is 1. The van der Waals surface area contributed by atoms with Crippen molar-refractivity contribution in [1.29, 1.82) is 0 Å². The predicted octanol–water partition coefficient (Wildman–Crippen LogP) is 5.05. The number of hydrogen-bond acceptors (Lipinski definition) is 2. The summed E-state index contributed by atoms with van der Waals surface area (Å²) in [6, 6.07) is 26.2. The summed E-state index contributed by atoms with van der Waals surface area (Å²) in [6.45, 7) is 2.92. The first-order chi connectivity index (χ1) is 15.6. The fourth-order valence-corrected chi connectivity index (χ4v) is 3.70. The second kappa shape index (κ2) is 12.1. The number of carbonyl (C=O) groups is 2. The molecule has 0 aliphatic rings. The van der Waals surface area contributed by atoms with E-state index < -0.39 is 6.04 Å². The van der Waals surface area contributed by atoms with E-state index in [2.05, 4.69) is 5.32 Å². The fourth-order valence-electron chi connectivity index (χ4n) is 3.58. The van der Waals surface area contributed by atoms with Crippen LogP contribution in [0.3, 0.4) is 0 Å². The molecule has 0 bridgehead atoms. The van der Waals surface area contributed by atoms with Gasteiger partial charge in [-0.3, -0.25) is 9.59 Å². The first kappa shape index (κ1) is 23.6. The van der Waals surface area contributed by atoms with Crippen LogP contribution in [0.4, 0.5) is 0 Å². The minimum absolute atomic E-state index is 0.0845. The third kappa shape index (κ3) is 6.96. The van der Waals surface area contributed by atoms with E-state index in [-0.39, 0.29) is 18.2 Å². The van der Waals surface area contributed by atoms with Crippen molar-refractivity contribution in [3.63, 3.8) is 0 Å². The standard InChI is InChI=1S/C27H29ClN2O2/c1-2-17-29-27(32)25(18-21-9-5-3-6-10-21)30(20-23-13-15-24(28)16-14-23)26(31)19-22-11-7-4-8-12-22/h3-16,25H,2,17-20H2,1H3,(H,29,32)/t25-/m0/s1. The van der Waals surface area contributed by atoms with Gasteiger partial charge in [-0.1, -0.05) is 91.3 Å². The molecule has 3 aromatic carbocycles. The molecule has 1 N–H and O–H groups in total. The van der Waals surface area contributed by atoms with Crippen LogP contribution in [0.15, 0.2) is 84.9 Å². The summed E-state index contributed by atoms with van der Waals surface area (Å²) in [7, 11) is 0. The molecule has 1 atom stereocenters. The number of amides is 2. The van der Waals surface area contributed by atoms with Crippen molar-refractivity contribution < 1.29 is 9.59 Å². The van der Waals surface area contributed by atoms with E-state index in [0.717, 1.165) is 23.1 Å². The molecule has 0 saturated carbocycles. The highest BCUT2D eigenvalue weighted by molar-refractivity contribution is 6.30. The van der Waals surface area contributed by atoms with Gasteiger partial charge in [0.15, 0.2) is 0 Å². The van der Waals surface area contributed by atoms with E-state index in [9.17, 15) is 9.59 Å². The smallest absolute Gasteiger partial charge is 0.243 e. The fraction of sp³-hybridized carbons (Fsp3) is 0.259. The molecule has 0 fully saturated rings. The van der Waals surface area contributed by atoms with E-state index in [0.29, 0.717) is 24.5 Å². The van der Waals surface area contributed by atoms with Gasteiger partial charge in [0.2, 0.25) is 11.8 Å². The SMILES string of the molecule is CCCNC(=O)[C@H](Cc1ccccc1)N(Cc1ccc(Cl)cc1)C(=O)Cc1ccccc1. The molecule has 3 aromatic rings. The number of hydrogen-bond donors (Lipinski definition) is 1. The summed E-state index contributed by atoms with van der Waals surface area (Å²) < 4.78 is 0. The summed E-state index contributed by atoms with van der Waals surface area (Å²) in [5, 5.41) is 3.63. The van der Waals surface area contributed by atoms with Crippen LogP contribution in [0, 0.1) is 0 Å². The summed E-state index contributed by atoms with van der Waals surface area (Å²) >= 11 is 6.05. The Morgan fingerprint density at radius 2 is 1.44 bits per heavy atom. The lowest BCUT2D eigenvalue weighted by Gasteiger charge is -2.31. The zero-order valence-corrected chi connectivity index (χ0v) is 19.1. The molecule has 5 heteroatoms. The molecule has 0 aromatic heterocycles. The molecular formula is C27H29ClN2O2. The van der Waals surface area contributed by atoms with E-state index in [1.807, 2.05) is 79.7 Å². The Hall–Kier alpha value is -3.11. The maximum absolute atomic E-state index is 13.5. The molecule has 166 valence electrons. The number of rotatable bonds is 10. The molecule has 2 amide bonds. The van der Waals surface area contributed by atoms with Crippen molar-refractivity contribution in [3.05, 3.63) is 107 Å². The van der Waals surface area contributed by atoms with Crippen molar-refractivity contribution in [1.82, 2.24) is 10.2 Å². The van der Waals surface area contributed by atoms with E-state index in [4.69, 9.17) is 11.6 Å². The van der Waals surface area contributed by atoms with Crippen molar-refractivity contribution >= 4 is 23.4 Å². The van der Waals surface area contributed by atoms with Crippen molar-refractivity contribution in [2.75, 3.05) is 6.54 Å². The Bertz CT molecular complexity index is 991. The second-order valence-corrected chi connectivity index (χ2v) is 8.24. The van der Waals surface area contributed by atoms with Gasteiger partial charge in [0.25, 0.3) is 0 Å². The van der Waals surface area contributed by atoms with Crippen LogP contribution in [0.1, 0.15) is 30.0 Å². The maximum atomic E-state index is 13.5. The molecule has 0 aliphatic carbocycles. The van der Waals surface area contributed by atoms with Crippen LogP contribution in [-0.2, 0) is 29.0 Å². The molecule has 0 saturated heterocycles. The minimum atomic E-state index is -0.615. The van der Waals surface area contributed by atoms with Crippen LogP contribution in [-0.4, -0.2) is 29.3 Å². The highest BCUT2D eigenvalue weighted by Crippen LogP contribution is 2.18. The van der Waals surface area contributed by atoms with Crippen molar-refractivity contribution in [2.24, 2.45) is 0 Å². The zero-order chi connectivity index (χ0) is 22.8. The Morgan fingerprint density at radius 3 is 2.03 bits per heavy atom. The first-order valence-electron chi connectivity index (χ1n) is 11.0. The molecule has 0 radical (unpaired) electrons. The highest BCUT2D eigenvalue weighted by Gasteiger charge is 2.30. The quantitative estimate of drug-likeness (QED) is 0.472. The summed E-state index contributed by atoms with van der Waals surface area (Å²) in [5.41, 5.74) is 2.86. The van der Waals surface area contributed by atoms with Gasteiger partial charge < -0.3 is 10.2 Å². The minimum Gasteiger partial charge on any atom is -0.354 e. The maximum Gasteiger partial charge on any atom is 0.243 e. The van der Waals surface area contributed by atoms with Gasteiger partial charge in [0.1, 0.15) is 6.04 Å². The van der Waals surface area contributed by atoms with Crippen LogP contribution < -0.4 is 5.32 Å². The lowest BCUT2D eigenvalue weighted by atomic mass is 10.0. The van der Waals surface area contributed by atoms with Crippen molar-refractivity contribution in [3.8, 4) is 0 Å². The van der Waals surface area contributed by atoms with E-state index >= 15 is 0 Å². The average molecular weight is 449 g/mol. The zero-order valence-electron chi connectivity index (χ0n) is 18.3. The van der Waals surface area contributed by atoms with Gasteiger partial charge in [0.05, 0.1) is 6.42 Å². The third-order valence-electron chi connectivity index (χ3n) is 5.28. The number of benzene rings is 3. The molecule has 0 aliphatic heterocycles. The third-order valence-corrected chi connectivity index (χ3v) is 5.54. The Labute approximate surface area is 195 Å². The summed E-state index contributed by atoms with van der Waals surface area (Å²) in [5.74, 6) is -0.218.